The second-order valence-corrected chi connectivity index (χ2v) is 20.5. The van der Waals surface area contributed by atoms with Crippen LogP contribution < -0.4 is 31.7 Å². The number of carbonyl (C=O) groups excluding carboxylic acids is 5. The Morgan fingerprint density at radius 3 is 2.21 bits per heavy atom. The number of likely N-dealkylation sites (tertiary alicyclic amines) is 1. The zero-order valence-electron chi connectivity index (χ0n) is 41.5. The molecule has 0 spiro atoms. The number of alkyl halides is 3. The number of hydrogen-bond acceptors (Lipinski definition) is 11. The standard InChI is InChI=1S/C53H62F3N9O7S/c1-32-46(73-31-60-32)35-12-10-33(11-13-35)28-59-50(71)43-26-38(66)30-65(43)51(72)47(52(2,3)4)62-44(67)9-7-6-8-20-57-48(69)36-16-14-34(15-17-36)37-18-19-42(64-23-21-63(5)22-24-64)41(25-37)61-49(70)39-29-58-45(68)27-40(39)53(54,55)56/h10-19,25,27,29,31,38,43,47,66H,6-9,20-24,26,28,30H2,1-5H3,(H,57,69)(H,58,68)(H,59,71)(H,61,70)(H,62,67)/t38-,43+,47-/m1/s1. The van der Waals surface area contributed by atoms with Gasteiger partial charge in [0.1, 0.15) is 12.1 Å². The van der Waals surface area contributed by atoms with Crippen LogP contribution in [0.25, 0.3) is 21.6 Å². The molecule has 6 N–H and O–H groups in total. The summed E-state index contributed by atoms with van der Waals surface area (Å²) in [4.78, 5) is 92.2. The van der Waals surface area contributed by atoms with Gasteiger partial charge in [0.25, 0.3) is 11.8 Å². The van der Waals surface area contributed by atoms with E-state index in [1.165, 1.54) is 4.90 Å². The third kappa shape index (κ3) is 13.8. The number of nitrogens with zero attached hydrogens (tertiary/aromatic N) is 4. The first kappa shape index (κ1) is 53.9. The van der Waals surface area contributed by atoms with Crippen LogP contribution in [0.2, 0.25) is 0 Å². The number of likely N-dealkylation sites (N-methyl/N-ethyl adjacent to an activating group) is 1. The predicted molar refractivity (Wildman–Crippen MR) is 274 cm³/mol. The van der Waals surface area contributed by atoms with Crippen molar-refractivity contribution in [3.63, 3.8) is 0 Å². The molecule has 7 rings (SSSR count). The number of halogens is 3. The van der Waals surface area contributed by atoms with Crippen molar-refractivity contribution in [2.45, 2.75) is 90.7 Å². The molecule has 0 unspecified atom stereocenters. The summed E-state index contributed by atoms with van der Waals surface area (Å²) in [5, 5.41) is 22.0. The van der Waals surface area contributed by atoms with Crippen LogP contribution in [0.15, 0.2) is 89.3 Å². The number of benzene rings is 3. The van der Waals surface area contributed by atoms with Gasteiger partial charge in [0.15, 0.2) is 0 Å². The van der Waals surface area contributed by atoms with Gasteiger partial charge < -0.3 is 46.1 Å². The highest BCUT2D eigenvalue weighted by Crippen LogP contribution is 2.36. The number of piperazine rings is 1. The largest absolute Gasteiger partial charge is 0.417 e. The lowest BCUT2D eigenvalue weighted by Gasteiger charge is -2.35. The number of carbonyl (C=O) groups is 5. The maximum absolute atomic E-state index is 14.1. The van der Waals surface area contributed by atoms with Crippen molar-refractivity contribution < 1.29 is 42.3 Å². The molecule has 73 heavy (non-hydrogen) atoms. The zero-order chi connectivity index (χ0) is 52.6. The quantitative estimate of drug-likeness (QED) is 0.0551. The van der Waals surface area contributed by atoms with Crippen molar-refractivity contribution in [1.29, 1.82) is 0 Å². The van der Waals surface area contributed by atoms with Crippen molar-refractivity contribution in [3.05, 3.63) is 123 Å². The van der Waals surface area contributed by atoms with Gasteiger partial charge in [-0.3, -0.25) is 28.8 Å². The van der Waals surface area contributed by atoms with Gasteiger partial charge >= 0.3 is 6.18 Å². The molecule has 2 aliphatic heterocycles. The maximum Gasteiger partial charge on any atom is 0.417 e. The Morgan fingerprint density at radius 1 is 0.863 bits per heavy atom. The molecule has 20 heteroatoms. The molecule has 3 atom stereocenters. The van der Waals surface area contributed by atoms with Gasteiger partial charge in [-0.1, -0.05) is 69.7 Å². The van der Waals surface area contributed by atoms with Gasteiger partial charge in [0.2, 0.25) is 23.3 Å². The summed E-state index contributed by atoms with van der Waals surface area (Å²) < 4.78 is 41.6. The van der Waals surface area contributed by atoms with E-state index in [-0.39, 0.29) is 49.3 Å². The summed E-state index contributed by atoms with van der Waals surface area (Å²) >= 11 is 1.56. The number of aliphatic hydroxyl groups excluding tert-OH is 1. The molecular weight excluding hydrogens is 964 g/mol. The van der Waals surface area contributed by atoms with Crippen molar-refractivity contribution >= 4 is 52.2 Å². The minimum Gasteiger partial charge on any atom is -0.391 e. The summed E-state index contributed by atoms with van der Waals surface area (Å²) in [7, 11) is 1.99. The average molecular weight is 1030 g/mol. The van der Waals surface area contributed by atoms with E-state index in [2.05, 4.69) is 36.1 Å². The molecule has 0 bridgehead atoms. The molecule has 5 amide bonds. The molecule has 16 nitrogen and oxygen atoms in total. The molecule has 0 radical (unpaired) electrons. The monoisotopic (exact) mass is 1030 g/mol. The Balaban J connectivity index is 0.885. The van der Waals surface area contributed by atoms with Gasteiger partial charge in [0.05, 0.1) is 44.7 Å². The van der Waals surface area contributed by atoms with Gasteiger partial charge in [-0.15, -0.1) is 11.3 Å². The Morgan fingerprint density at radius 2 is 1.55 bits per heavy atom. The zero-order valence-corrected chi connectivity index (χ0v) is 42.3. The lowest BCUT2D eigenvalue weighted by molar-refractivity contribution is -0.144. The summed E-state index contributed by atoms with van der Waals surface area (Å²) in [6.07, 6.45) is -3.19. The molecule has 2 aromatic heterocycles. The van der Waals surface area contributed by atoms with Crippen LogP contribution in [-0.2, 0) is 27.1 Å². The summed E-state index contributed by atoms with van der Waals surface area (Å²) in [6, 6.07) is 18.4. The van der Waals surface area contributed by atoms with E-state index in [1.807, 2.05) is 70.0 Å². The number of aromatic amines is 1. The van der Waals surface area contributed by atoms with Crippen LogP contribution >= 0.6 is 11.3 Å². The highest BCUT2D eigenvalue weighted by atomic mass is 32.1. The fourth-order valence-electron chi connectivity index (χ4n) is 8.94. The Bertz CT molecular complexity index is 2840. The summed E-state index contributed by atoms with van der Waals surface area (Å²) in [5.74, 6) is -2.52. The number of hydrogen-bond donors (Lipinski definition) is 6. The van der Waals surface area contributed by atoms with E-state index >= 15 is 0 Å². The summed E-state index contributed by atoms with van der Waals surface area (Å²) in [6.45, 7) is 10.7. The predicted octanol–water partition coefficient (Wildman–Crippen LogP) is 6.60. The molecule has 2 aliphatic rings. The first-order chi connectivity index (χ1) is 34.7. The maximum atomic E-state index is 14.1. The average Bonchev–Trinajstić information content (AvgIpc) is 3.98. The molecule has 388 valence electrons. The minimum atomic E-state index is -4.94. The van der Waals surface area contributed by atoms with Crippen LogP contribution in [0.1, 0.15) is 90.4 Å². The molecule has 0 aliphatic carbocycles. The topological polar surface area (TPSA) is 209 Å². The van der Waals surface area contributed by atoms with Crippen LogP contribution in [0, 0.1) is 12.3 Å². The number of amides is 5. The highest BCUT2D eigenvalue weighted by molar-refractivity contribution is 7.13. The molecule has 5 aromatic rings. The van der Waals surface area contributed by atoms with Gasteiger partial charge in [-0.2, -0.15) is 13.2 Å². The molecule has 4 heterocycles. The Kier molecular flexibility index (Phi) is 17.2. The highest BCUT2D eigenvalue weighted by Gasteiger charge is 2.44. The number of aromatic nitrogens is 2. The van der Waals surface area contributed by atoms with E-state index in [4.69, 9.17) is 0 Å². The lowest BCUT2D eigenvalue weighted by Crippen LogP contribution is -2.57. The van der Waals surface area contributed by atoms with Gasteiger partial charge in [0, 0.05) is 76.5 Å². The van der Waals surface area contributed by atoms with Crippen molar-refractivity contribution in [2.24, 2.45) is 5.41 Å². The number of unbranched alkanes of at least 4 members (excludes halogenated alkanes) is 2. The SMILES string of the molecule is Cc1ncsc1-c1ccc(CNC(=O)[C@@H]2C[C@@H](O)CN2C(=O)[C@@H](NC(=O)CCCCCNC(=O)c2ccc(-c3ccc(N4CCN(C)CC4)c(NC(=O)c4c[nH]c(=O)cc4C(F)(F)F)c3)cc2)C(C)(C)C)cc1. The Hall–Kier alpha value is -6.90. The third-order valence-electron chi connectivity index (χ3n) is 13.1. The number of nitrogens with one attached hydrogen (secondary N) is 5. The number of aryl methyl sites for hydroxylation is 1. The molecule has 2 saturated heterocycles. The van der Waals surface area contributed by atoms with E-state index in [0.717, 1.165) is 41.0 Å². The van der Waals surface area contributed by atoms with Crippen LogP contribution in [-0.4, -0.2) is 119 Å². The molecule has 2 fully saturated rings. The number of pyridine rings is 1. The van der Waals surface area contributed by atoms with E-state index in [1.54, 1.807) is 53.2 Å². The molecular formula is C53H62F3N9O7S. The first-order valence-corrected chi connectivity index (χ1v) is 25.2. The first-order valence-electron chi connectivity index (χ1n) is 24.3. The smallest absolute Gasteiger partial charge is 0.391 e. The second kappa shape index (κ2) is 23.3. The number of thiazole rings is 1. The molecule has 0 saturated carbocycles. The fourth-order valence-corrected chi connectivity index (χ4v) is 9.75. The van der Waals surface area contributed by atoms with Crippen molar-refractivity contribution in [2.75, 3.05) is 56.5 Å². The van der Waals surface area contributed by atoms with Crippen molar-refractivity contribution in [3.8, 4) is 21.6 Å². The third-order valence-corrected chi connectivity index (χ3v) is 14.1. The van der Waals surface area contributed by atoms with E-state index < -0.39 is 58.3 Å². The number of anilines is 2. The second-order valence-electron chi connectivity index (χ2n) is 19.7. The van der Waals surface area contributed by atoms with Crippen LogP contribution in [0.4, 0.5) is 24.5 Å². The minimum absolute atomic E-state index is 0.0351. The number of rotatable bonds is 17. The molecule has 3 aromatic carbocycles. The number of aliphatic hydroxyl groups is 1. The number of H-pyrrole nitrogens is 1. The van der Waals surface area contributed by atoms with E-state index in [0.29, 0.717) is 67.3 Å². The number of β-amino-alcohol motifs (C(OH)–C–C–N with tert-alkyl or cyclic N) is 1. The normalized spacial score (nSPS) is 16.7. The summed E-state index contributed by atoms with van der Waals surface area (Å²) in [5.41, 5.74) is 3.49. The van der Waals surface area contributed by atoms with Crippen LogP contribution in [0.3, 0.4) is 0 Å². The van der Waals surface area contributed by atoms with Crippen LogP contribution in [0.5, 0.6) is 0 Å². The van der Waals surface area contributed by atoms with Gasteiger partial charge in [-0.05, 0) is 78.7 Å². The lowest BCUT2D eigenvalue weighted by atomic mass is 9.85. The van der Waals surface area contributed by atoms with E-state index in [9.17, 15) is 47.0 Å². The Labute approximate surface area is 425 Å². The van der Waals surface area contributed by atoms with Gasteiger partial charge in [-0.25, -0.2) is 4.98 Å². The van der Waals surface area contributed by atoms with Crippen molar-refractivity contribution in [1.82, 2.24) is 35.7 Å². The fraction of sp³-hybridized carbons (Fsp3) is 0.415.